The van der Waals surface area contributed by atoms with E-state index < -0.39 is 0 Å². The van der Waals surface area contributed by atoms with E-state index in [1.54, 1.807) is 11.3 Å². The smallest absolute Gasteiger partial charge is 0.274 e. The molecule has 1 atom stereocenters. The van der Waals surface area contributed by atoms with E-state index in [1.165, 1.54) is 0 Å². The third kappa shape index (κ3) is 2.71. The first-order valence-corrected chi connectivity index (χ1v) is 8.06. The fourth-order valence-corrected chi connectivity index (χ4v) is 3.76. The molecule has 1 aromatic heterocycles. The van der Waals surface area contributed by atoms with Gasteiger partial charge in [0.15, 0.2) is 0 Å². The first kappa shape index (κ1) is 14.2. The molecular formula is C16H19N3OS. The molecule has 1 fully saturated rings. The van der Waals surface area contributed by atoms with E-state index in [2.05, 4.69) is 4.98 Å². The highest BCUT2D eigenvalue weighted by molar-refractivity contribution is 7.15. The molecule has 3 rings (SSSR count). The van der Waals surface area contributed by atoms with Gasteiger partial charge in [0, 0.05) is 19.1 Å². The second-order valence-electron chi connectivity index (χ2n) is 5.31. The number of carbonyl (C=O) groups excluding carboxylic acids is 1. The quantitative estimate of drug-likeness (QED) is 0.948. The van der Waals surface area contributed by atoms with Crippen LogP contribution in [0.5, 0.6) is 0 Å². The number of hydrogen-bond acceptors (Lipinski definition) is 4. The van der Waals surface area contributed by atoms with Crippen molar-refractivity contribution in [2.45, 2.75) is 25.8 Å². The fourth-order valence-electron chi connectivity index (χ4n) is 2.84. The first-order valence-electron chi connectivity index (χ1n) is 7.24. The molecule has 0 bridgehead atoms. The van der Waals surface area contributed by atoms with Crippen molar-refractivity contribution in [2.24, 2.45) is 5.73 Å². The third-order valence-electron chi connectivity index (χ3n) is 3.88. The normalized spacial score (nSPS) is 18.2. The van der Waals surface area contributed by atoms with Crippen molar-refractivity contribution >= 4 is 17.2 Å². The maximum absolute atomic E-state index is 12.8. The number of benzene rings is 1. The first-order chi connectivity index (χ1) is 10.2. The number of aromatic nitrogens is 1. The summed E-state index contributed by atoms with van der Waals surface area (Å²) in [4.78, 5) is 20.2. The van der Waals surface area contributed by atoms with Gasteiger partial charge in [0.1, 0.15) is 5.69 Å². The zero-order chi connectivity index (χ0) is 14.8. The van der Waals surface area contributed by atoms with Crippen LogP contribution in [0, 0.1) is 6.92 Å². The predicted molar refractivity (Wildman–Crippen MR) is 85.4 cm³/mol. The number of nitrogens with two attached hydrogens (primary N) is 1. The molecule has 0 spiro atoms. The van der Waals surface area contributed by atoms with Gasteiger partial charge in [0.25, 0.3) is 5.91 Å². The Labute approximate surface area is 128 Å². The molecule has 21 heavy (non-hydrogen) atoms. The zero-order valence-corrected chi connectivity index (χ0v) is 12.9. The van der Waals surface area contributed by atoms with E-state index >= 15 is 0 Å². The van der Waals surface area contributed by atoms with Gasteiger partial charge in [-0.05, 0) is 25.3 Å². The van der Waals surface area contributed by atoms with Crippen LogP contribution in [0.4, 0.5) is 0 Å². The highest BCUT2D eigenvalue weighted by Crippen LogP contribution is 2.32. The molecule has 0 aliphatic carbocycles. The summed E-state index contributed by atoms with van der Waals surface area (Å²) >= 11 is 1.57. The third-order valence-corrected chi connectivity index (χ3v) is 4.90. The van der Waals surface area contributed by atoms with E-state index in [9.17, 15) is 4.79 Å². The molecule has 1 aromatic carbocycles. The van der Waals surface area contributed by atoms with Crippen LogP contribution < -0.4 is 5.73 Å². The molecule has 1 aliphatic rings. The number of likely N-dealkylation sites (tertiary alicyclic amines) is 1. The van der Waals surface area contributed by atoms with Gasteiger partial charge in [-0.25, -0.2) is 4.98 Å². The second-order valence-corrected chi connectivity index (χ2v) is 6.51. The van der Waals surface area contributed by atoms with Crippen molar-refractivity contribution < 1.29 is 4.79 Å². The zero-order valence-electron chi connectivity index (χ0n) is 12.1. The topological polar surface area (TPSA) is 59.2 Å². The Morgan fingerprint density at radius 1 is 1.43 bits per heavy atom. The van der Waals surface area contributed by atoms with Crippen LogP contribution >= 0.6 is 11.3 Å². The van der Waals surface area contributed by atoms with Crippen molar-refractivity contribution in [3.63, 3.8) is 0 Å². The van der Waals surface area contributed by atoms with Crippen molar-refractivity contribution in [1.29, 1.82) is 0 Å². The molecule has 4 nitrogen and oxygen atoms in total. The molecule has 0 radical (unpaired) electrons. The molecule has 0 saturated carbocycles. The maximum Gasteiger partial charge on any atom is 0.274 e. The van der Waals surface area contributed by atoms with Crippen LogP contribution in [0.2, 0.25) is 0 Å². The summed E-state index contributed by atoms with van der Waals surface area (Å²) in [6.07, 6.45) is 2.02. The number of hydrogen-bond donors (Lipinski definition) is 1. The molecule has 1 unspecified atom stereocenters. The molecule has 1 aliphatic heterocycles. The van der Waals surface area contributed by atoms with Crippen LogP contribution in [-0.2, 0) is 0 Å². The average molecular weight is 301 g/mol. The van der Waals surface area contributed by atoms with E-state index in [0.29, 0.717) is 12.2 Å². The van der Waals surface area contributed by atoms with Gasteiger partial charge < -0.3 is 10.6 Å². The van der Waals surface area contributed by atoms with Crippen LogP contribution in [0.1, 0.15) is 28.3 Å². The number of rotatable bonds is 3. The SMILES string of the molecule is Cc1nc(C(=O)N2CCCC2CN)c(-c2ccccc2)s1. The Kier molecular flexibility index (Phi) is 4.03. The van der Waals surface area contributed by atoms with Crippen molar-refractivity contribution in [1.82, 2.24) is 9.88 Å². The van der Waals surface area contributed by atoms with Gasteiger partial charge in [-0.15, -0.1) is 11.3 Å². The van der Waals surface area contributed by atoms with Crippen LogP contribution in [0.15, 0.2) is 30.3 Å². The van der Waals surface area contributed by atoms with Crippen LogP contribution in [0.3, 0.4) is 0 Å². The summed E-state index contributed by atoms with van der Waals surface area (Å²) in [6, 6.07) is 10.1. The van der Waals surface area contributed by atoms with E-state index in [1.807, 2.05) is 42.2 Å². The van der Waals surface area contributed by atoms with Crippen molar-refractivity contribution in [2.75, 3.05) is 13.1 Å². The molecule has 1 amide bonds. The lowest BCUT2D eigenvalue weighted by Gasteiger charge is -2.23. The Morgan fingerprint density at radius 3 is 2.90 bits per heavy atom. The van der Waals surface area contributed by atoms with Gasteiger partial charge in [0.05, 0.1) is 9.88 Å². The number of aryl methyl sites for hydroxylation is 1. The monoisotopic (exact) mass is 301 g/mol. The summed E-state index contributed by atoms with van der Waals surface area (Å²) in [7, 11) is 0. The lowest BCUT2D eigenvalue weighted by molar-refractivity contribution is 0.0736. The van der Waals surface area contributed by atoms with Gasteiger partial charge in [0.2, 0.25) is 0 Å². The average Bonchev–Trinajstić information content (AvgIpc) is 3.13. The summed E-state index contributed by atoms with van der Waals surface area (Å²) in [5.74, 6) is 0.0196. The summed E-state index contributed by atoms with van der Waals surface area (Å²) in [5, 5.41) is 0.917. The summed E-state index contributed by atoms with van der Waals surface area (Å²) in [5.41, 5.74) is 7.41. The van der Waals surface area contributed by atoms with E-state index in [0.717, 1.165) is 34.8 Å². The van der Waals surface area contributed by atoms with Crippen molar-refractivity contribution in [3.8, 4) is 10.4 Å². The minimum atomic E-state index is 0.0196. The minimum Gasteiger partial charge on any atom is -0.333 e. The molecule has 2 aromatic rings. The van der Waals surface area contributed by atoms with Crippen LogP contribution in [-0.4, -0.2) is 34.9 Å². The molecule has 110 valence electrons. The summed E-state index contributed by atoms with van der Waals surface area (Å²) < 4.78 is 0. The highest BCUT2D eigenvalue weighted by atomic mass is 32.1. The van der Waals surface area contributed by atoms with Crippen LogP contribution in [0.25, 0.3) is 10.4 Å². The van der Waals surface area contributed by atoms with E-state index in [-0.39, 0.29) is 11.9 Å². The molecule has 5 heteroatoms. The van der Waals surface area contributed by atoms with Gasteiger partial charge in [-0.3, -0.25) is 4.79 Å². The Bertz CT molecular complexity index is 638. The molecular weight excluding hydrogens is 282 g/mol. The lowest BCUT2D eigenvalue weighted by atomic mass is 10.1. The summed E-state index contributed by atoms with van der Waals surface area (Å²) in [6.45, 7) is 3.25. The Balaban J connectivity index is 1.97. The van der Waals surface area contributed by atoms with Gasteiger partial charge >= 0.3 is 0 Å². The van der Waals surface area contributed by atoms with Gasteiger partial charge in [-0.2, -0.15) is 0 Å². The number of nitrogens with zero attached hydrogens (tertiary/aromatic N) is 2. The Hall–Kier alpha value is -1.72. The number of thiazole rings is 1. The number of carbonyl (C=O) groups is 1. The molecule has 1 saturated heterocycles. The second kappa shape index (κ2) is 5.95. The van der Waals surface area contributed by atoms with Gasteiger partial charge in [-0.1, -0.05) is 30.3 Å². The largest absolute Gasteiger partial charge is 0.333 e. The van der Waals surface area contributed by atoms with Crippen molar-refractivity contribution in [3.05, 3.63) is 41.0 Å². The minimum absolute atomic E-state index is 0.0196. The molecule has 2 N–H and O–H groups in total. The van der Waals surface area contributed by atoms with E-state index in [4.69, 9.17) is 5.73 Å². The predicted octanol–water partition coefficient (Wildman–Crippen LogP) is 2.68. The molecule has 2 heterocycles. The fraction of sp³-hybridized carbons (Fsp3) is 0.375. The Morgan fingerprint density at radius 2 is 2.19 bits per heavy atom. The maximum atomic E-state index is 12.8. The highest BCUT2D eigenvalue weighted by Gasteiger charge is 2.31. The number of amides is 1. The lowest BCUT2D eigenvalue weighted by Crippen LogP contribution is -2.40. The standard InChI is InChI=1S/C16H19N3OS/c1-11-18-14(15(21-11)12-6-3-2-4-7-12)16(20)19-9-5-8-13(19)10-17/h2-4,6-7,13H,5,8-10,17H2,1H3.